The van der Waals surface area contributed by atoms with Crippen molar-refractivity contribution in [1.29, 1.82) is 0 Å². The quantitative estimate of drug-likeness (QED) is 0.432. The highest BCUT2D eigenvalue weighted by Crippen LogP contribution is 2.48. The molecule has 3 N–H and O–H groups in total. The predicted molar refractivity (Wildman–Crippen MR) is 142 cm³/mol. The Hall–Kier alpha value is -3.18. The van der Waals surface area contributed by atoms with E-state index in [1.54, 1.807) is 37.0 Å². The molecule has 2 atom stereocenters. The van der Waals surface area contributed by atoms with Crippen LogP contribution in [0.3, 0.4) is 0 Å². The summed E-state index contributed by atoms with van der Waals surface area (Å²) in [4.78, 5) is 39.2. The molecule has 0 spiro atoms. The third-order valence-electron chi connectivity index (χ3n) is 6.16. The Kier molecular flexibility index (Phi) is 8.72. The molecule has 0 radical (unpaired) electrons. The first-order valence-electron chi connectivity index (χ1n) is 12.1. The Morgan fingerprint density at radius 3 is 2.32 bits per heavy atom. The number of amides is 2. The zero-order chi connectivity index (χ0) is 28.4. The van der Waals surface area contributed by atoms with Crippen molar-refractivity contribution in [3.8, 4) is 5.75 Å². The van der Waals surface area contributed by atoms with Crippen molar-refractivity contribution < 1.29 is 38.1 Å². The van der Waals surface area contributed by atoms with Crippen molar-refractivity contribution in [2.45, 2.75) is 49.6 Å². The van der Waals surface area contributed by atoms with Crippen LogP contribution >= 0.6 is 10.0 Å². The Labute approximate surface area is 222 Å². The van der Waals surface area contributed by atoms with Gasteiger partial charge in [-0.1, -0.05) is 6.07 Å². The largest absolute Gasteiger partial charge is 0.494 e. The third-order valence-corrected chi connectivity index (χ3v) is 7.78. The molecule has 1 aliphatic heterocycles. The Balaban J connectivity index is 1.98. The minimum atomic E-state index is -1.83. The first-order chi connectivity index (χ1) is 17.6. The van der Waals surface area contributed by atoms with Crippen molar-refractivity contribution >= 4 is 33.5 Å². The van der Waals surface area contributed by atoms with Gasteiger partial charge in [-0.2, -0.15) is 0 Å². The topological polar surface area (TPSA) is 116 Å². The minimum absolute atomic E-state index is 0.0283. The lowest BCUT2D eigenvalue weighted by Crippen LogP contribution is -2.47. The first-order valence-corrected chi connectivity index (χ1v) is 15.0. The summed E-state index contributed by atoms with van der Waals surface area (Å²) in [6, 6.07) is 6.04. The molecule has 8 nitrogen and oxygen atoms in total. The number of aliphatic hydroxyl groups is 1. The number of rotatable bonds is 9. The lowest BCUT2D eigenvalue weighted by Gasteiger charge is -2.38. The molecule has 1 unspecified atom stereocenters. The fraction of sp³-hybridized carbons (Fsp3) is 0.444. The highest BCUT2D eigenvalue weighted by molar-refractivity contribution is 8.32. The summed E-state index contributed by atoms with van der Waals surface area (Å²) in [5.41, 5.74) is -0.664. The number of hydrogen-bond acceptors (Lipinski definition) is 5. The van der Waals surface area contributed by atoms with E-state index in [1.807, 2.05) is 6.92 Å². The number of nitrogens with zero attached hydrogens (tertiary/aromatic N) is 1. The normalized spacial score (nSPS) is 17.3. The number of halogens is 2. The van der Waals surface area contributed by atoms with Crippen LogP contribution in [-0.4, -0.2) is 70.4 Å². The summed E-state index contributed by atoms with van der Waals surface area (Å²) in [5.74, 6) is -3.54. The molecule has 0 fully saturated rings. The Morgan fingerprint density at radius 1 is 1.13 bits per heavy atom. The van der Waals surface area contributed by atoms with Gasteiger partial charge in [0.25, 0.3) is 5.91 Å². The number of carboxylic acid groups (broad SMARTS) is 1. The molecule has 0 aliphatic carbocycles. The van der Waals surface area contributed by atoms with Gasteiger partial charge >= 0.3 is 5.97 Å². The van der Waals surface area contributed by atoms with Crippen LogP contribution in [0.15, 0.2) is 35.2 Å². The predicted octanol–water partition coefficient (Wildman–Crippen LogP) is 4.10. The van der Waals surface area contributed by atoms with E-state index in [-0.39, 0.29) is 17.1 Å². The number of benzene rings is 2. The molecule has 1 heterocycles. The maximum Gasteiger partial charge on any atom is 0.306 e. The van der Waals surface area contributed by atoms with Crippen molar-refractivity contribution in [2.24, 2.45) is 0 Å². The van der Waals surface area contributed by atoms with Crippen molar-refractivity contribution in [3.63, 3.8) is 0 Å². The van der Waals surface area contributed by atoms with Crippen LogP contribution in [0, 0.1) is 11.6 Å². The number of carboxylic acids is 1. The second kappa shape index (κ2) is 11.3. The average Bonchev–Trinajstić information content (AvgIpc) is 2.75. The van der Waals surface area contributed by atoms with Crippen LogP contribution in [0.5, 0.6) is 5.75 Å². The molecule has 208 valence electrons. The van der Waals surface area contributed by atoms with Crippen molar-refractivity contribution in [1.82, 2.24) is 4.90 Å². The lowest BCUT2D eigenvalue weighted by atomic mass is 9.90. The number of carbonyl (C=O) groups excluding carboxylic acids is 2. The molecule has 0 saturated heterocycles. The highest BCUT2D eigenvalue weighted by atomic mass is 32.3. The molecular formula is C27H34F2N2O6S. The third kappa shape index (κ3) is 6.82. The Bertz CT molecular complexity index is 1220. The molecule has 2 aromatic carbocycles. The monoisotopic (exact) mass is 552 g/mol. The van der Waals surface area contributed by atoms with Gasteiger partial charge in [0, 0.05) is 12.2 Å². The van der Waals surface area contributed by atoms with Gasteiger partial charge in [-0.3, -0.25) is 14.4 Å². The van der Waals surface area contributed by atoms with Gasteiger partial charge < -0.3 is 25.2 Å². The number of hydrogen-bond donors (Lipinski definition) is 3. The molecule has 2 aromatic rings. The van der Waals surface area contributed by atoms with Gasteiger partial charge in [-0.05, 0) is 74.4 Å². The summed E-state index contributed by atoms with van der Waals surface area (Å²) in [7, 11) is -1.72. The summed E-state index contributed by atoms with van der Waals surface area (Å²) < 4.78 is 35.2. The maximum atomic E-state index is 14.8. The SMILES string of the molecule is CCOc1ccc2c(c1)CCN(C(=O)CC(C)(O)CC(=O)O)[C@H]2C(=O)Nc1cc(F)c(S(C)(C)C)c(F)c1. The van der Waals surface area contributed by atoms with E-state index in [0.717, 1.165) is 17.7 Å². The second-order valence-electron chi connectivity index (χ2n) is 10.4. The number of carbonyl (C=O) groups is 3. The molecule has 11 heteroatoms. The smallest absolute Gasteiger partial charge is 0.306 e. The van der Waals surface area contributed by atoms with E-state index in [4.69, 9.17) is 9.84 Å². The fourth-order valence-corrected chi connectivity index (χ4v) is 5.94. The summed E-state index contributed by atoms with van der Waals surface area (Å²) in [6.07, 6.45) is 4.47. The fourth-order valence-electron chi connectivity index (χ4n) is 4.65. The lowest BCUT2D eigenvalue weighted by molar-refractivity contribution is -0.148. The molecule has 38 heavy (non-hydrogen) atoms. The molecule has 3 rings (SSSR count). The Morgan fingerprint density at radius 2 is 1.76 bits per heavy atom. The van der Waals surface area contributed by atoms with Crippen LogP contribution < -0.4 is 10.1 Å². The molecule has 0 aromatic heterocycles. The zero-order valence-electron chi connectivity index (χ0n) is 22.1. The van der Waals surface area contributed by atoms with Crippen LogP contribution in [0.25, 0.3) is 0 Å². The van der Waals surface area contributed by atoms with Crippen LogP contribution in [-0.2, 0) is 20.8 Å². The van der Waals surface area contributed by atoms with Crippen LogP contribution in [0.1, 0.15) is 43.9 Å². The van der Waals surface area contributed by atoms with Gasteiger partial charge in [0.1, 0.15) is 23.4 Å². The number of fused-ring (bicyclic) bond motifs is 1. The molecule has 2 amide bonds. The van der Waals surface area contributed by atoms with Gasteiger partial charge in [0.15, 0.2) is 0 Å². The van der Waals surface area contributed by atoms with E-state index < -0.39 is 63.9 Å². The highest BCUT2D eigenvalue weighted by Gasteiger charge is 2.39. The van der Waals surface area contributed by atoms with E-state index in [0.29, 0.717) is 24.3 Å². The summed E-state index contributed by atoms with van der Waals surface area (Å²) in [5, 5.41) is 22.1. The minimum Gasteiger partial charge on any atom is -0.494 e. The molecule has 0 bridgehead atoms. The standard InChI is InChI=1S/C27H34F2N2O6S/c1-6-37-18-7-8-19-16(11-18)9-10-31(22(32)14-27(2,36)15-23(33)34)24(19)26(35)30-17-12-20(28)25(21(29)13-17)38(3,4)5/h7-8,11-13,24,36H,6,9-10,14-15H2,1-5H3,(H,30,35)(H,33,34)/t24-,27?/m1/s1. The van der Waals surface area contributed by atoms with E-state index in [9.17, 15) is 28.3 Å². The zero-order valence-corrected chi connectivity index (χ0v) is 23.0. The second-order valence-corrected chi connectivity index (χ2v) is 14.5. The van der Waals surface area contributed by atoms with Gasteiger partial charge in [0.05, 0.1) is 29.9 Å². The van der Waals surface area contributed by atoms with E-state index >= 15 is 0 Å². The van der Waals surface area contributed by atoms with Crippen LogP contribution in [0.4, 0.5) is 14.5 Å². The van der Waals surface area contributed by atoms with Crippen molar-refractivity contribution in [3.05, 3.63) is 53.1 Å². The van der Waals surface area contributed by atoms with Crippen LogP contribution in [0.2, 0.25) is 0 Å². The molecular weight excluding hydrogens is 518 g/mol. The number of aliphatic carboxylic acids is 1. The summed E-state index contributed by atoms with van der Waals surface area (Å²) in [6.45, 7) is 3.63. The van der Waals surface area contributed by atoms with Gasteiger partial charge in [0.2, 0.25) is 5.91 Å². The maximum absolute atomic E-state index is 14.8. The van der Waals surface area contributed by atoms with Crippen molar-refractivity contribution in [2.75, 3.05) is 37.2 Å². The molecule has 1 aliphatic rings. The number of nitrogens with one attached hydrogen (secondary N) is 1. The number of ether oxygens (including phenoxy) is 1. The van der Waals surface area contributed by atoms with E-state index in [1.165, 1.54) is 11.8 Å². The first kappa shape index (κ1) is 29.4. The summed E-state index contributed by atoms with van der Waals surface area (Å²) >= 11 is 0. The van der Waals surface area contributed by atoms with Gasteiger partial charge in [-0.15, -0.1) is 0 Å². The average molecular weight is 553 g/mol. The molecule has 0 saturated carbocycles. The van der Waals surface area contributed by atoms with E-state index in [2.05, 4.69) is 5.32 Å². The number of anilines is 1. The van der Waals surface area contributed by atoms with Gasteiger partial charge in [-0.25, -0.2) is 18.8 Å².